The van der Waals surface area contributed by atoms with Crippen molar-refractivity contribution in [1.29, 1.82) is 0 Å². The Hall–Kier alpha value is -2.67. The molecule has 6 nitrogen and oxygen atoms in total. The van der Waals surface area contributed by atoms with Crippen molar-refractivity contribution < 1.29 is 14.7 Å². The molecule has 0 saturated heterocycles. The van der Waals surface area contributed by atoms with Crippen LogP contribution in [0.5, 0.6) is 5.75 Å². The molecular formula is C18H21N3O3S. The summed E-state index contributed by atoms with van der Waals surface area (Å²) in [6, 6.07) is 10.4. The second kappa shape index (κ2) is 10.2. The van der Waals surface area contributed by atoms with E-state index in [0.717, 1.165) is 11.3 Å². The van der Waals surface area contributed by atoms with Gasteiger partial charge in [0.15, 0.2) is 0 Å². The third-order valence-corrected chi connectivity index (χ3v) is 4.22. The van der Waals surface area contributed by atoms with Gasteiger partial charge in [0.25, 0.3) is 0 Å². The first-order valence-corrected chi connectivity index (χ1v) is 8.96. The van der Waals surface area contributed by atoms with Crippen molar-refractivity contribution >= 4 is 35.1 Å². The van der Waals surface area contributed by atoms with Crippen molar-refractivity contribution in [2.75, 3.05) is 5.32 Å². The van der Waals surface area contributed by atoms with E-state index in [1.54, 1.807) is 35.8 Å². The number of carbonyl (C=O) groups excluding carboxylic acids is 2. The number of hydrogen-bond donors (Lipinski definition) is 3. The van der Waals surface area contributed by atoms with Gasteiger partial charge in [0.1, 0.15) is 5.75 Å². The second-order valence-electron chi connectivity index (χ2n) is 5.43. The van der Waals surface area contributed by atoms with Crippen molar-refractivity contribution in [3.05, 3.63) is 46.7 Å². The lowest BCUT2D eigenvalue weighted by molar-refractivity contribution is -0.121. The van der Waals surface area contributed by atoms with Crippen LogP contribution in [0, 0.1) is 0 Å². The van der Waals surface area contributed by atoms with Gasteiger partial charge in [-0.2, -0.15) is 5.10 Å². The maximum atomic E-state index is 11.8. The molecule has 0 radical (unpaired) electrons. The van der Waals surface area contributed by atoms with Crippen LogP contribution in [0.2, 0.25) is 0 Å². The number of anilines is 1. The molecule has 0 unspecified atom stereocenters. The molecular weight excluding hydrogens is 338 g/mol. The molecule has 0 fully saturated rings. The summed E-state index contributed by atoms with van der Waals surface area (Å²) in [5.41, 5.74) is 2.90. The molecule has 25 heavy (non-hydrogen) atoms. The molecule has 1 aromatic carbocycles. The Labute approximate surface area is 150 Å². The Balaban J connectivity index is 1.54. The zero-order chi connectivity index (χ0) is 17.9. The summed E-state index contributed by atoms with van der Waals surface area (Å²) < 4.78 is 0. The highest BCUT2D eigenvalue weighted by Crippen LogP contribution is 2.21. The van der Waals surface area contributed by atoms with Gasteiger partial charge in [0.05, 0.1) is 11.9 Å². The smallest absolute Gasteiger partial charge is 0.240 e. The average molecular weight is 359 g/mol. The zero-order valence-electron chi connectivity index (χ0n) is 13.8. The summed E-state index contributed by atoms with van der Waals surface area (Å²) in [5, 5.41) is 18.1. The van der Waals surface area contributed by atoms with Crippen LogP contribution in [0.1, 0.15) is 37.0 Å². The molecule has 0 aliphatic heterocycles. The van der Waals surface area contributed by atoms with Crippen LogP contribution in [-0.4, -0.2) is 23.1 Å². The molecule has 2 rings (SSSR count). The molecule has 2 aromatic rings. The Morgan fingerprint density at radius 3 is 2.52 bits per heavy atom. The monoisotopic (exact) mass is 359 g/mol. The molecule has 7 heteroatoms. The van der Waals surface area contributed by atoms with Crippen molar-refractivity contribution in [1.82, 2.24) is 5.43 Å². The molecule has 0 aliphatic rings. The fraction of sp³-hybridized carbons (Fsp3) is 0.278. The van der Waals surface area contributed by atoms with Crippen LogP contribution in [0.25, 0.3) is 0 Å². The Morgan fingerprint density at radius 1 is 1.04 bits per heavy atom. The van der Waals surface area contributed by atoms with Crippen LogP contribution < -0.4 is 10.7 Å². The maximum absolute atomic E-state index is 11.8. The summed E-state index contributed by atoms with van der Waals surface area (Å²) in [4.78, 5) is 24.4. The van der Waals surface area contributed by atoms with Crippen LogP contribution >= 0.6 is 11.3 Å². The fourth-order valence-corrected chi connectivity index (χ4v) is 2.71. The molecule has 0 atom stereocenters. The van der Waals surface area contributed by atoms with Gasteiger partial charge in [-0.25, -0.2) is 5.43 Å². The number of benzene rings is 1. The summed E-state index contributed by atoms with van der Waals surface area (Å²) >= 11 is 1.55. The fourth-order valence-electron chi connectivity index (χ4n) is 2.13. The maximum Gasteiger partial charge on any atom is 0.240 e. The number of aromatic hydroxyl groups is 1. The van der Waals surface area contributed by atoms with Crippen molar-refractivity contribution in [2.45, 2.75) is 32.1 Å². The van der Waals surface area contributed by atoms with E-state index < -0.39 is 0 Å². The Bertz CT molecular complexity index is 714. The minimum absolute atomic E-state index is 0.0515. The molecule has 1 heterocycles. The summed E-state index contributed by atoms with van der Waals surface area (Å²) in [6.45, 7) is 0. The van der Waals surface area contributed by atoms with Crippen molar-refractivity contribution in [2.24, 2.45) is 5.10 Å². The lowest BCUT2D eigenvalue weighted by Gasteiger charge is -2.06. The van der Waals surface area contributed by atoms with E-state index in [1.165, 1.54) is 6.07 Å². The number of carbonyl (C=O) groups is 2. The van der Waals surface area contributed by atoms with Gasteiger partial charge in [0.2, 0.25) is 11.8 Å². The molecule has 2 amide bonds. The summed E-state index contributed by atoms with van der Waals surface area (Å²) in [5.74, 6) is -0.228. The molecule has 0 spiro atoms. The highest BCUT2D eigenvalue weighted by atomic mass is 32.1. The quantitative estimate of drug-likeness (QED) is 0.277. The van der Waals surface area contributed by atoms with Gasteiger partial charge in [-0.1, -0.05) is 24.6 Å². The average Bonchev–Trinajstić information content (AvgIpc) is 3.10. The third-order valence-electron chi connectivity index (χ3n) is 3.41. The number of unbranched alkanes of at least 4 members (excludes halogenated alkanes) is 2. The number of phenolic OH excluding ortho intramolecular Hbond substituents is 1. The van der Waals surface area contributed by atoms with Crippen molar-refractivity contribution in [3.8, 4) is 5.75 Å². The first-order chi connectivity index (χ1) is 12.1. The summed E-state index contributed by atoms with van der Waals surface area (Å²) in [7, 11) is 0. The van der Waals surface area contributed by atoms with E-state index >= 15 is 0 Å². The summed E-state index contributed by atoms with van der Waals surface area (Å²) in [6.07, 6.45) is 4.51. The number of amides is 2. The molecule has 0 bridgehead atoms. The first-order valence-electron chi connectivity index (χ1n) is 8.08. The highest BCUT2D eigenvalue weighted by molar-refractivity contribution is 7.11. The Kier molecular flexibility index (Phi) is 7.65. The van der Waals surface area contributed by atoms with Crippen molar-refractivity contribution in [3.63, 3.8) is 0 Å². The second-order valence-corrected chi connectivity index (χ2v) is 6.41. The first kappa shape index (κ1) is 18.7. The Morgan fingerprint density at radius 2 is 1.80 bits per heavy atom. The predicted molar refractivity (Wildman–Crippen MR) is 99.9 cm³/mol. The largest absolute Gasteiger partial charge is 0.506 e. The van der Waals surface area contributed by atoms with E-state index in [-0.39, 0.29) is 17.6 Å². The number of rotatable bonds is 9. The van der Waals surface area contributed by atoms with Gasteiger partial charge >= 0.3 is 0 Å². The van der Waals surface area contributed by atoms with Gasteiger partial charge in [-0.15, -0.1) is 11.3 Å². The van der Waals surface area contributed by atoms with Gasteiger partial charge in [-0.3, -0.25) is 9.59 Å². The standard InChI is InChI=1S/C18H21N3O3S/c22-16-9-5-4-8-15(16)20-17(23)10-2-1-3-11-18(24)21-19-13-14-7-6-12-25-14/h4-9,12-13,22H,1-3,10-11H2,(H,20,23)(H,21,24)/b19-13+. The molecule has 0 aliphatic carbocycles. The molecule has 3 N–H and O–H groups in total. The topological polar surface area (TPSA) is 90.8 Å². The van der Waals surface area contributed by atoms with E-state index in [2.05, 4.69) is 15.8 Å². The van der Waals surface area contributed by atoms with Gasteiger partial charge in [0, 0.05) is 17.7 Å². The predicted octanol–water partition coefficient (Wildman–Crippen LogP) is 3.49. The zero-order valence-corrected chi connectivity index (χ0v) is 14.6. The van der Waals surface area contributed by atoms with E-state index in [4.69, 9.17) is 0 Å². The van der Waals surface area contributed by atoms with E-state index in [9.17, 15) is 14.7 Å². The number of hydrazone groups is 1. The number of hydrogen-bond acceptors (Lipinski definition) is 5. The molecule has 0 saturated carbocycles. The minimum atomic E-state index is -0.147. The highest BCUT2D eigenvalue weighted by Gasteiger charge is 2.06. The number of thiophene rings is 1. The number of nitrogens with zero attached hydrogens (tertiary/aromatic N) is 1. The van der Waals surface area contributed by atoms with Gasteiger partial charge in [-0.05, 0) is 36.4 Å². The van der Waals surface area contributed by atoms with Crippen LogP contribution in [-0.2, 0) is 9.59 Å². The van der Waals surface area contributed by atoms with E-state index in [1.807, 2.05) is 17.5 Å². The van der Waals surface area contributed by atoms with Crippen LogP contribution in [0.4, 0.5) is 5.69 Å². The molecule has 1 aromatic heterocycles. The minimum Gasteiger partial charge on any atom is -0.506 e. The van der Waals surface area contributed by atoms with Crippen LogP contribution in [0.15, 0.2) is 46.9 Å². The normalized spacial score (nSPS) is 10.7. The third kappa shape index (κ3) is 7.17. The number of phenols is 1. The molecule has 132 valence electrons. The van der Waals surface area contributed by atoms with E-state index in [0.29, 0.717) is 31.4 Å². The number of para-hydroxylation sites is 2. The van der Waals surface area contributed by atoms with Crippen LogP contribution in [0.3, 0.4) is 0 Å². The van der Waals surface area contributed by atoms with Gasteiger partial charge < -0.3 is 10.4 Å². The lowest BCUT2D eigenvalue weighted by atomic mass is 10.1. The SMILES string of the molecule is O=C(CCCCCC(=O)Nc1ccccc1O)N/N=C/c1cccs1. The lowest BCUT2D eigenvalue weighted by Crippen LogP contribution is -2.17. The number of nitrogens with one attached hydrogen (secondary N) is 2.